The van der Waals surface area contributed by atoms with E-state index in [9.17, 15) is 14.4 Å². The highest BCUT2D eigenvalue weighted by molar-refractivity contribution is 7.13. The fourth-order valence-electron chi connectivity index (χ4n) is 2.32. The van der Waals surface area contributed by atoms with E-state index in [1.807, 2.05) is 17.5 Å². The Labute approximate surface area is 130 Å². The van der Waals surface area contributed by atoms with Gasteiger partial charge in [0.25, 0.3) is 5.91 Å². The summed E-state index contributed by atoms with van der Waals surface area (Å²) in [6.45, 7) is 1.88. The molecular formula is C14H14N4O3S. The van der Waals surface area contributed by atoms with Crippen LogP contribution >= 0.6 is 11.3 Å². The Kier molecular flexibility index (Phi) is 4.01. The summed E-state index contributed by atoms with van der Waals surface area (Å²) >= 11 is 1.48. The van der Waals surface area contributed by atoms with Crippen LogP contribution in [-0.2, 0) is 4.79 Å². The van der Waals surface area contributed by atoms with Crippen molar-refractivity contribution in [1.29, 1.82) is 0 Å². The second-order valence-corrected chi connectivity index (χ2v) is 5.84. The molecule has 0 radical (unpaired) electrons. The van der Waals surface area contributed by atoms with Crippen LogP contribution < -0.4 is 5.69 Å². The van der Waals surface area contributed by atoms with Gasteiger partial charge in [-0.05, 0) is 17.5 Å². The normalized spacial score (nSPS) is 14.9. The van der Waals surface area contributed by atoms with Crippen LogP contribution in [0.25, 0.3) is 10.6 Å². The standard InChI is InChI=1S/C14H14N4O3S/c19-9-17-3-5-18(6-4-17)13(20)11-8-10(15-14(21)16-11)12-2-1-7-22-12/h1-2,7-9H,3-6H2,(H,15,16,21). The predicted octanol–water partition coefficient (Wildman–Crippen LogP) is 0.413. The highest BCUT2D eigenvalue weighted by Crippen LogP contribution is 2.22. The molecule has 1 aliphatic rings. The summed E-state index contributed by atoms with van der Waals surface area (Å²) in [6, 6.07) is 5.34. The Bertz CT molecular complexity index is 733. The smallest absolute Gasteiger partial charge is 0.342 e. The Morgan fingerprint density at radius 3 is 2.73 bits per heavy atom. The molecule has 0 bridgehead atoms. The highest BCUT2D eigenvalue weighted by atomic mass is 32.1. The van der Waals surface area contributed by atoms with Gasteiger partial charge >= 0.3 is 5.69 Å². The van der Waals surface area contributed by atoms with Crippen LogP contribution in [0.2, 0.25) is 0 Å². The molecule has 3 rings (SSSR count). The van der Waals surface area contributed by atoms with Crippen molar-refractivity contribution in [2.45, 2.75) is 0 Å². The van der Waals surface area contributed by atoms with Gasteiger partial charge in [0.15, 0.2) is 0 Å². The van der Waals surface area contributed by atoms with Crippen LogP contribution in [0.5, 0.6) is 0 Å². The van der Waals surface area contributed by atoms with Crippen LogP contribution in [0.3, 0.4) is 0 Å². The van der Waals surface area contributed by atoms with E-state index in [1.54, 1.807) is 15.9 Å². The van der Waals surface area contributed by atoms with Gasteiger partial charge < -0.3 is 14.8 Å². The number of piperazine rings is 1. The van der Waals surface area contributed by atoms with E-state index in [0.29, 0.717) is 31.9 Å². The van der Waals surface area contributed by atoms with Gasteiger partial charge in [0.1, 0.15) is 5.69 Å². The van der Waals surface area contributed by atoms with Crippen molar-refractivity contribution in [1.82, 2.24) is 19.8 Å². The number of amides is 2. The predicted molar refractivity (Wildman–Crippen MR) is 81.7 cm³/mol. The van der Waals surface area contributed by atoms with Crippen molar-refractivity contribution >= 4 is 23.7 Å². The van der Waals surface area contributed by atoms with Crippen molar-refractivity contribution in [2.75, 3.05) is 26.2 Å². The number of carbonyl (C=O) groups is 2. The third kappa shape index (κ3) is 2.91. The Balaban J connectivity index is 1.84. The van der Waals surface area contributed by atoms with Gasteiger partial charge in [0.2, 0.25) is 6.41 Å². The quantitative estimate of drug-likeness (QED) is 0.831. The Morgan fingerprint density at radius 1 is 1.32 bits per heavy atom. The van der Waals surface area contributed by atoms with E-state index >= 15 is 0 Å². The van der Waals surface area contributed by atoms with E-state index in [2.05, 4.69) is 9.97 Å². The topological polar surface area (TPSA) is 86.4 Å². The Morgan fingerprint density at radius 2 is 2.09 bits per heavy atom. The zero-order valence-corrected chi connectivity index (χ0v) is 12.5. The monoisotopic (exact) mass is 318 g/mol. The molecule has 0 unspecified atom stereocenters. The van der Waals surface area contributed by atoms with E-state index in [1.165, 1.54) is 11.3 Å². The van der Waals surface area contributed by atoms with E-state index in [4.69, 9.17) is 0 Å². The number of hydrogen-bond donors (Lipinski definition) is 1. The number of hydrogen-bond acceptors (Lipinski definition) is 5. The molecule has 3 heterocycles. The zero-order chi connectivity index (χ0) is 15.5. The average Bonchev–Trinajstić information content (AvgIpc) is 3.08. The first kappa shape index (κ1) is 14.5. The van der Waals surface area contributed by atoms with Gasteiger partial charge in [-0.3, -0.25) is 9.59 Å². The molecule has 2 amide bonds. The zero-order valence-electron chi connectivity index (χ0n) is 11.7. The molecule has 7 nitrogen and oxygen atoms in total. The lowest BCUT2D eigenvalue weighted by Gasteiger charge is -2.32. The average molecular weight is 318 g/mol. The number of carbonyl (C=O) groups excluding carboxylic acids is 2. The number of aromatic nitrogens is 2. The van der Waals surface area contributed by atoms with E-state index in [0.717, 1.165) is 11.3 Å². The minimum atomic E-state index is -0.541. The lowest BCUT2D eigenvalue weighted by molar-refractivity contribution is -0.119. The molecule has 0 aromatic carbocycles. The SMILES string of the molecule is O=CN1CCN(C(=O)c2cc(-c3cccs3)[nH]c(=O)n2)CC1. The number of rotatable bonds is 3. The summed E-state index contributed by atoms with van der Waals surface area (Å²) < 4.78 is 0. The van der Waals surface area contributed by atoms with Gasteiger partial charge in [0.05, 0.1) is 10.6 Å². The van der Waals surface area contributed by atoms with Crippen molar-refractivity contribution in [3.63, 3.8) is 0 Å². The summed E-state index contributed by atoms with van der Waals surface area (Å²) in [5.41, 5.74) is 0.178. The number of nitrogens with zero attached hydrogens (tertiary/aromatic N) is 3. The number of H-pyrrole nitrogens is 1. The fourth-order valence-corrected chi connectivity index (χ4v) is 3.02. The summed E-state index contributed by atoms with van der Waals surface area (Å²) in [7, 11) is 0. The molecule has 0 spiro atoms. The third-order valence-electron chi connectivity index (χ3n) is 3.50. The van der Waals surface area contributed by atoms with Gasteiger partial charge in [-0.2, -0.15) is 4.98 Å². The third-order valence-corrected chi connectivity index (χ3v) is 4.40. The lowest BCUT2D eigenvalue weighted by Crippen LogP contribution is -2.48. The minimum Gasteiger partial charge on any atom is -0.342 e. The van der Waals surface area contributed by atoms with Gasteiger partial charge in [-0.15, -0.1) is 11.3 Å². The molecule has 114 valence electrons. The lowest BCUT2D eigenvalue weighted by atomic mass is 10.2. The van der Waals surface area contributed by atoms with Crippen LogP contribution in [0, 0.1) is 0 Å². The molecule has 0 atom stereocenters. The van der Waals surface area contributed by atoms with Gasteiger partial charge in [-0.1, -0.05) is 6.07 Å². The summed E-state index contributed by atoms with van der Waals surface area (Å²) in [5, 5.41) is 1.90. The second kappa shape index (κ2) is 6.10. The van der Waals surface area contributed by atoms with Crippen molar-refractivity contribution in [3.05, 3.63) is 39.8 Å². The maximum atomic E-state index is 12.5. The molecule has 2 aromatic rings. The highest BCUT2D eigenvalue weighted by Gasteiger charge is 2.23. The summed E-state index contributed by atoms with van der Waals surface area (Å²) in [6.07, 6.45) is 0.780. The molecule has 0 aliphatic carbocycles. The summed E-state index contributed by atoms with van der Waals surface area (Å²) in [5.74, 6) is -0.283. The molecule has 1 fully saturated rings. The molecule has 8 heteroatoms. The second-order valence-electron chi connectivity index (χ2n) is 4.90. The molecule has 1 saturated heterocycles. The number of aromatic amines is 1. The van der Waals surface area contributed by atoms with Crippen molar-refractivity contribution in [2.24, 2.45) is 0 Å². The van der Waals surface area contributed by atoms with E-state index < -0.39 is 5.69 Å². The minimum absolute atomic E-state index is 0.131. The van der Waals surface area contributed by atoms with Crippen LogP contribution in [0.15, 0.2) is 28.4 Å². The first-order valence-electron chi connectivity index (χ1n) is 6.81. The van der Waals surface area contributed by atoms with Crippen molar-refractivity contribution in [3.8, 4) is 10.6 Å². The number of nitrogens with one attached hydrogen (secondary N) is 1. The number of thiophene rings is 1. The van der Waals surface area contributed by atoms with Gasteiger partial charge in [-0.25, -0.2) is 4.79 Å². The molecule has 1 N–H and O–H groups in total. The fraction of sp³-hybridized carbons (Fsp3) is 0.286. The largest absolute Gasteiger partial charge is 0.346 e. The maximum absolute atomic E-state index is 12.5. The molecule has 2 aromatic heterocycles. The van der Waals surface area contributed by atoms with Crippen molar-refractivity contribution < 1.29 is 9.59 Å². The van der Waals surface area contributed by atoms with Gasteiger partial charge in [0, 0.05) is 26.2 Å². The maximum Gasteiger partial charge on any atom is 0.346 e. The first-order chi connectivity index (χ1) is 10.7. The van der Waals surface area contributed by atoms with Crippen LogP contribution in [0.4, 0.5) is 0 Å². The molecule has 1 aliphatic heterocycles. The Hall–Kier alpha value is -2.48. The first-order valence-corrected chi connectivity index (χ1v) is 7.69. The molecule has 0 saturated carbocycles. The molecule has 22 heavy (non-hydrogen) atoms. The van der Waals surface area contributed by atoms with Crippen LogP contribution in [-0.4, -0.2) is 58.3 Å². The van der Waals surface area contributed by atoms with Crippen LogP contribution in [0.1, 0.15) is 10.5 Å². The molecular weight excluding hydrogens is 304 g/mol. The van der Waals surface area contributed by atoms with E-state index in [-0.39, 0.29) is 11.6 Å². The summed E-state index contributed by atoms with van der Waals surface area (Å²) in [4.78, 5) is 45.4.